The molecule has 25 heavy (non-hydrogen) atoms. The molecule has 0 spiro atoms. The van der Waals surface area contributed by atoms with E-state index in [2.05, 4.69) is 5.10 Å². The minimum Gasteiger partial charge on any atom is -0.328 e. The molecule has 1 aromatic carbocycles. The molecular weight excluding hydrogens is 339 g/mol. The Hall–Kier alpha value is -2.36. The van der Waals surface area contributed by atoms with Crippen molar-refractivity contribution in [2.75, 3.05) is 20.4 Å². The molecule has 0 amide bonds. The van der Waals surface area contributed by atoms with Crippen molar-refractivity contribution in [2.24, 2.45) is 5.10 Å². The van der Waals surface area contributed by atoms with Gasteiger partial charge in [-0.3, -0.25) is 4.90 Å². The van der Waals surface area contributed by atoms with E-state index in [0.717, 1.165) is 12.1 Å². The van der Waals surface area contributed by atoms with Gasteiger partial charge < -0.3 is 9.80 Å². The van der Waals surface area contributed by atoms with Crippen LogP contribution in [0.25, 0.3) is 0 Å². The third kappa shape index (κ3) is 4.81. The number of nitro groups is 1. The summed E-state index contributed by atoms with van der Waals surface area (Å²) in [6.45, 7) is 4.83. The minimum atomic E-state index is -4.43. The standard InChI is InChI=1S/C15H20F3N5O2/c1-11(2)22-9-20(3)14(19-23(24)25)21(10-22)8-12-5-4-6-13(7-12)15(16,17)18/h4-7,11H,8-10H2,1-3H3/b19-14+. The highest BCUT2D eigenvalue weighted by molar-refractivity contribution is 5.79. The summed E-state index contributed by atoms with van der Waals surface area (Å²) in [4.78, 5) is 16.1. The number of halogens is 3. The van der Waals surface area contributed by atoms with Crippen LogP contribution in [0.1, 0.15) is 25.0 Å². The quantitative estimate of drug-likeness (QED) is 0.611. The number of hydrazone groups is 1. The molecule has 1 heterocycles. The highest BCUT2D eigenvalue weighted by atomic mass is 19.4. The zero-order valence-electron chi connectivity index (χ0n) is 14.2. The maximum atomic E-state index is 12.9. The molecule has 0 N–H and O–H groups in total. The van der Waals surface area contributed by atoms with Crippen LogP contribution < -0.4 is 0 Å². The van der Waals surface area contributed by atoms with E-state index >= 15 is 0 Å². The fourth-order valence-electron chi connectivity index (χ4n) is 2.63. The van der Waals surface area contributed by atoms with Crippen molar-refractivity contribution in [2.45, 2.75) is 32.6 Å². The molecule has 0 saturated carbocycles. The molecule has 1 aliphatic rings. The van der Waals surface area contributed by atoms with Gasteiger partial charge in [0.25, 0.3) is 5.96 Å². The molecule has 0 unspecified atom stereocenters. The summed E-state index contributed by atoms with van der Waals surface area (Å²) in [5.41, 5.74) is -0.339. The third-order valence-corrected chi connectivity index (χ3v) is 3.90. The SMILES string of the molecule is CC(C)N1CN(C)/C(=N\[N+](=O)[O-])N(Cc2cccc(C(F)(F)F)c2)C1. The third-order valence-electron chi connectivity index (χ3n) is 3.90. The predicted octanol–water partition coefficient (Wildman–Crippen LogP) is 2.63. The van der Waals surface area contributed by atoms with Crippen LogP contribution in [0, 0.1) is 10.1 Å². The average molecular weight is 359 g/mol. The summed E-state index contributed by atoms with van der Waals surface area (Å²) in [5.74, 6) is 0.124. The molecule has 0 atom stereocenters. The highest BCUT2D eigenvalue weighted by Gasteiger charge is 2.32. The summed E-state index contributed by atoms with van der Waals surface area (Å²) in [5, 5.41) is 13.4. The minimum absolute atomic E-state index is 0.0875. The van der Waals surface area contributed by atoms with Crippen LogP contribution >= 0.6 is 0 Å². The highest BCUT2D eigenvalue weighted by Crippen LogP contribution is 2.30. The zero-order valence-corrected chi connectivity index (χ0v) is 14.2. The Morgan fingerprint density at radius 1 is 1.32 bits per heavy atom. The Kier molecular flexibility index (Phi) is 5.51. The van der Waals surface area contributed by atoms with Crippen LogP contribution in [0.15, 0.2) is 29.4 Å². The van der Waals surface area contributed by atoms with Crippen LogP contribution in [0.3, 0.4) is 0 Å². The Morgan fingerprint density at radius 2 is 2.00 bits per heavy atom. The van der Waals surface area contributed by atoms with E-state index in [1.807, 2.05) is 18.7 Å². The Labute approximate surface area is 143 Å². The molecule has 0 bridgehead atoms. The topological polar surface area (TPSA) is 65.2 Å². The molecule has 1 aliphatic heterocycles. The van der Waals surface area contributed by atoms with Crippen LogP contribution in [0.2, 0.25) is 0 Å². The summed E-state index contributed by atoms with van der Waals surface area (Å²) in [7, 11) is 1.66. The van der Waals surface area contributed by atoms with Gasteiger partial charge in [-0.25, -0.2) is 10.1 Å². The van der Waals surface area contributed by atoms with Gasteiger partial charge in [0.15, 0.2) is 5.03 Å². The molecule has 10 heteroatoms. The van der Waals surface area contributed by atoms with Gasteiger partial charge in [-0.2, -0.15) is 13.2 Å². The first-order valence-electron chi connectivity index (χ1n) is 7.67. The van der Waals surface area contributed by atoms with Crippen molar-refractivity contribution in [3.05, 3.63) is 45.5 Å². The van der Waals surface area contributed by atoms with Crippen molar-refractivity contribution < 1.29 is 18.2 Å². The Bertz CT molecular complexity index is 663. The Balaban J connectivity index is 2.30. The first-order chi connectivity index (χ1) is 11.6. The number of benzene rings is 1. The van der Waals surface area contributed by atoms with Gasteiger partial charge in [0.05, 0.1) is 18.9 Å². The van der Waals surface area contributed by atoms with Crippen molar-refractivity contribution in [3.8, 4) is 0 Å². The number of guanidine groups is 1. The van der Waals surface area contributed by atoms with Crippen molar-refractivity contribution in [3.63, 3.8) is 0 Å². The summed E-state index contributed by atoms with van der Waals surface area (Å²) < 4.78 is 38.6. The fraction of sp³-hybridized carbons (Fsp3) is 0.533. The molecule has 1 saturated heterocycles. The van der Waals surface area contributed by atoms with E-state index < -0.39 is 16.8 Å². The molecule has 7 nitrogen and oxygen atoms in total. The second-order valence-electron chi connectivity index (χ2n) is 6.20. The molecule has 2 rings (SSSR count). The second kappa shape index (κ2) is 7.26. The summed E-state index contributed by atoms with van der Waals surface area (Å²) >= 11 is 0. The molecular formula is C15H20F3N5O2. The van der Waals surface area contributed by atoms with Crippen LogP contribution in [-0.2, 0) is 12.7 Å². The van der Waals surface area contributed by atoms with Gasteiger partial charge in [0, 0.05) is 19.6 Å². The first-order valence-corrected chi connectivity index (χ1v) is 7.67. The van der Waals surface area contributed by atoms with E-state index in [9.17, 15) is 23.3 Å². The van der Waals surface area contributed by atoms with Gasteiger partial charge in [-0.1, -0.05) is 12.1 Å². The fourth-order valence-corrected chi connectivity index (χ4v) is 2.63. The number of alkyl halides is 3. The lowest BCUT2D eigenvalue weighted by atomic mass is 10.1. The van der Waals surface area contributed by atoms with Gasteiger partial charge in [-0.15, -0.1) is 0 Å². The number of hydrogen-bond acceptors (Lipinski definition) is 3. The van der Waals surface area contributed by atoms with Gasteiger partial charge in [0.1, 0.15) is 5.10 Å². The maximum absolute atomic E-state index is 12.9. The molecule has 0 aliphatic carbocycles. The lowest BCUT2D eigenvalue weighted by Crippen LogP contribution is -2.58. The Morgan fingerprint density at radius 3 is 2.56 bits per heavy atom. The largest absolute Gasteiger partial charge is 0.416 e. The van der Waals surface area contributed by atoms with Gasteiger partial charge in [-0.05, 0) is 31.5 Å². The first kappa shape index (κ1) is 19.0. The van der Waals surface area contributed by atoms with E-state index in [1.54, 1.807) is 22.9 Å². The molecule has 0 aromatic heterocycles. The summed E-state index contributed by atoms with van der Waals surface area (Å²) in [6.07, 6.45) is -4.43. The molecule has 1 fully saturated rings. The lowest BCUT2D eigenvalue weighted by molar-refractivity contribution is -0.486. The lowest BCUT2D eigenvalue weighted by Gasteiger charge is -2.43. The maximum Gasteiger partial charge on any atom is 0.416 e. The van der Waals surface area contributed by atoms with Crippen LogP contribution in [0.5, 0.6) is 0 Å². The van der Waals surface area contributed by atoms with Crippen molar-refractivity contribution in [1.29, 1.82) is 0 Å². The monoisotopic (exact) mass is 359 g/mol. The number of rotatable bonds is 4. The summed E-state index contributed by atoms with van der Waals surface area (Å²) in [6, 6.07) is 5.11. The average Bonchev–Trinajstić information content (AvgIpc) is 2.49. The zero-order chi connectivity index (χ0) is 18.8. The van der Waals surface area contributed by atoms with E-state index in [1.165, 1.54) is 6.07 Å². The van der Waals surface area contributed by atoms with Crippen molar-refractivity contribution in [1.82, 2.24) is 14.7 Å². The van der Waals surface area contributed by atoms with Gasteiger partial charge in [0.2, 0.25) is 0 Å². The molecule has 1 aromatic rings. The van der Waals surface area contributed by atoms with E-state index in [4.69, 9.17) is 0 Å². The van der Waals surface area contributed by atoms with Gasteiger partial charge >= 0.3 is 6.18 Å². The predicted molar refractivity (Wildman–Crippen MR) is 85.9 cm³/mol. The van der Waals surface area contributed by atoms with Crippen molar-refractivity contribution >= 4 is 5.96 Å². The van der Waals surface area contributed by atoms with Crippen LogP contribution in [0.4, 0.5) is 13.2 Å². The number of nitrogens with zero attached hydrogens (tertiary/aromatic N) is 5. The van der Waals surface area contributed by atoms with Crippen LogP contribution in [-0.4, -0.2) is 52.1 Å². The number of hydrogen-bond donors (Lipinski definition) is 0. The van der Waals surface area contributed by atoms with E-state index in [0.29, 0.717) is 18.9 Å². The molecule has 0 radical (unpaired) electrons. The second-order valence-corrected chi connectivity index (χ2v) is 6.20. The normalized spacial score (nSPS) is 18.3. The smallest absolute Gasteiger partial charge is 0.328 e. The van der Waals surface area contributed by atoms with E-state index in [-0.39, 0.29) is 18.5 Å². The molecule has 138 valence electrons.